The molecule has 0 aromatic heterocycles. The van der Waals surface area contributed by atoms with Crippen molar-refractivity contribution in [3.63, 3.8) is 0 Å². The molecule has 0 heterocycles. The van der Waals surface area contributed by atoms with Crippen LogP contribution in [0.25, 0.3) is 0 Å². The Morgan fingerprint density at radius 3 is 2.95 bits per heavy atom. The number of hydrogen-bond donors (Lipinski definition) is 2. The van der Waals surface area contributed by atoms with Gasteiger partial charge in [0.25, 0.3) is 5.91 Å². The Morgan fingerprint density at radius 2 is 2.21 bits per heavy atom. The third-order valence-electron chi connectivity index (χ3n) is 3.55. The van der Waals surface area contributed by atoms with Crippen molar-refractivity contribution >= 4 is 23.4 Å². The zero-order valence-electron chi connectivity index (χ0n) is 11.4. The third kappa shape index (κ3) is 3.90. The molecule has 0 saturated heterocycles. The van der Waals surface area contributed by atoms with Crippen LogP contribution in [-0.4, -0.2) is 23.0 Å². The molecule has 0 aliphatic heterocycles. The summed E-state index contributed by atoms with van der Waals surface area (Å²) in [6, 6.07) is 7.47. The molecule has 0 spiro atoms. The van der Waals surface area contributed by atoms with E-state index in [1.807, 2.05) is 23.9 Å². The summed E-state index contributed by atoms with van der Waals surface area (Å²) in [5.41, 5.74) is 7.01. The van der Waals surface area contributed by atoms with Gasteiger partial charge in [-0.3, -0.25) is 4.79 Å². The Bertz CT molecular complexity index is 434. The van der Waals surface area contributed by atoms with Gasteiger partial charge in [-0.05, 0) is 36.8 Å². The lowest BCUT2D eigenvalue weighted by Crippen LogP contribution is -2.43. The Balaban J connectivity index is 2.00. The van der Waals surface area contributed by atoms with Gasteiger partial charge >= 0.3 is 0 Å². The molecule has 0 bridgehead atoms. The van der Waals surface area contributed by atoms with Gasteiger partial charge < -0.3 is 11.1 Å². The SMILES string of the molecule is CCSC1CCCCC1NC(=O)c1cccc(N)c1. The zero-order chi connectivity index (χ0) is 13.7. The summed E-state index contributed by atoms with van der Waals surface area (Å²) in [6.07, 6.45) is 4.79. The maximum atomic E-state index is 12.2. The molecule has 1 aromatic carbocycles. The first kappa shape index (κ1) is 14.3. The number of carbonyl (C=O) groups is 1. The maximum absolute atomic E-state index is 12.2. The van der Waals surface area contributed by atoms with Crippen LogP contribution >= 0.6 is 11.8 Å². The summed E-state index contributed by atoms with van der Waals surface area (Å²) in [7, 11) is 0. The number of nitrogens with one attached hydrogen (secondary N) is 1. The molecule has 3 N–H and O–H groups in total. The molecule has 3 nitrogen and oxygen atoms in total. The zero-order valence-corrected chi connectivity index (χ0v) is 12.2. The highest BCUT2D eigenvalue weighted by Crippen LogP contribution is 2.28. The number of carbonyl (C=O) groups excluding carboxylic acids is 1. The molecule has 2 atom stereocenters. The fraction of sp³-hybridized carbons (Fsp3) is 0.533. The van der Waals surface area contributed by atoms with E-state index in [1.54, 1.807) is 12.1 Å². The topological polar surface area (TPSA) is 55.1 Å². The van der Waals surface area contributed by atoms with E-state index in [1.165, 1.54) is 19.3 Å². The Kier molecular flexibility index (Phi) is 5.14. The maximum Gasteiger partial charge on any atom is 0.251 e. The lowest BCUT2D eigenvalue weighted by Gasteiger charge is -2.31. The fourth-order valence-corrected chi connectivity index (χ4v) is 3.81. The smallest absolute Gasteiger partial charge is 0.251 e. The van der Waals surface area contributed by atoms with E-state index >= 15 is 0 Å². The van der Waals surface area contributed by atoms with E-state index in [0.717, 1.165) is 12.2 Å². The van der Waals surface area contributed by atoms with Crippen LogP contribution in [0.3, 0.4) is 0 Å². The van der Waals surface area contributed by atoms with Gasteiger partial charge in [0, 0.05) is 22.5 Å². The van der Waals surface area contributed by atoms with Crippen LogP contribution in [0.5, 0.6) is 0 Å². The predicted octanol–water partition coefficient (Wildman–Crippen LogP) is 3.06. The van der Waals surface area contributed by atoms with Crippen molar-refractivity contribution in [2.45, 2.75) is 43.9 Å². The van der Waals surface area contributed by atoms with Crippen LogP contribution in [0.2, 0.25) is 0 Å². The van der Waals surface area contributed by atoms with E-state index < -0.39 is 0 Å². The van der Waals surface area contributed by atoms with Crippen molar-refractivity contribution in [1.82, 2.24) is 5.32 Å². The standard InChI is InChI=1S/C15H22N2OS/c1-2-19-14-9-4-3-8-13(14)17-15(18)11-6-5-7-12(16)10-11/h5-7,10,13-14H,2-4,8-9,16H2,1H3,(H,17,18). The lowest BCUT2D eigenvalue weighted by molar-refractivity contribution is 0.0929. The molecule has 1 aliphatic carbocycles. The monoisotopic (exact) mass is 278 g/mol. The summed E-state index contributed by atoms with van der Waals surface area (Å²) in [5.74, 6) is 1.11. The van der Waals surface area contributed by atoms with E-state index in [-0.39, 0.29) is 5.91 Å². The van der Waals surface area contributed by atoms with Crippen molar-refractivity contribution in [3.05, 3.63) is 29.8 Å². The Hall–Kier alpha value is -1.16. The minimum Gasteiger partial charge on any atom is -0.399 e. The first-order valence-electron chi connectivity index (χ1n) is 6.98. The van der Waals surface area contributed by atoms with E-state index in [4.69, 9.17) is 5.73 Å². The lowest BCUT2D eigenvalue weighted by atomic mass is 9.94. The number of thioether (sulfide) groups is 1. The minimum atomic E-state index is 0.000836. The van der Waals surface area contributed by atoms with E-state index in [2.05, 4.69) is 12.2 Å². The van der Waals surface area contributed by atoms with Gasteiger partial charge in [0.15, 0.2) is 0 Å². The molecular formula is C15H22N2OS. The number of amides is 1. The van der Waals surface area contributed by atoms with Gasteiger partial charge in [-0.1, -0.05) is 25.8 Å². The van der Waals surface area contributed by atoms with Gasteiger partial charge in [-0.25, -0.2) is 0 Å². The molecule has 2 rings (SSSR count). The second-order valence-corrected chi connectivity index (χ2v) is 6.50. The normalized spacial score (nSPS) is 23.0. The molecule has 2 unspecified atom stereocenters. The van der Waals surface area contributed by atoms with Crippen molar-refractivity contribution in [2.75, 3.05) is 11.5 Å². The molecule has 1 amide bonds. The third-order valence-corrected chi connectivity index (χ3v) is 4.87. The largest absolute Gasteiger partial charge is 0.399 e. The summed E-state index contributed by atoms with van der Waals surface area (Å²) >= 11 is 1.96. The second kappa shape index (κ2) is 6.85. The molecule has 104 valence electrons. The summed E-state index contributed by atoms with van der Waals surface area (Å²) in [4.78, 5) is 12.2. The quantitative estimate of drug-likeness (QED) is 0.832. The van der Waals surface area contributed by atoms with Gasteiger partial charge in [0.2, 0.25) is 0 Å². The van der Waals surface area contributed by atoms with Crippen LogP contribution < -0.4 is 11.1 Å². The molecule has 1 fully saturated rings. The van der Waals surface area contributed by atoms with Gasteiger partial charge in [-0.15, -0.1) is 0 Å². The molecule has 1 aliphatic rings. The average Bonchev–Trinajstić information content (AvgIpc) is 2.41. The molecule has 1 saturated carbocycles. The molecule has 19 heavy (non-hydrogen) atoms. The van der Waals surface area contributed by atoms with Crippen LogP contribution in [-0.2, 0) is 0 Å². The highest BCUT2D eigenvalue weighted by atomic mass is 32.2. The van der Waals surface area contributed by atoms with Gasteiger partial charge in [0.1, 0.15) is 0 Å². The van der Waals surface area contributed by atoms with Gasteiger partial charge in [0.05, 0.1) is 0 Å². The summed E-state index contributed by atoms with van der Waals surface area (Å²) in [6.45, 7) is 2.18. The molecule has 1 aromatic rings. The first-order chi connectivity index (χ1) is 9.20. The number of rotatable bonds is 4. The van der Waals surface area contributed by atoms with Crippen LogP contribution in [0.1, 0.15) is 43.0 Å². The van der Waals surface area contributed by atoms with E-state index in [0.29, 0.717) is 22.5 Å². The summed E-state index contributed by atoms with van der Waals surface area (Å²) in [5, 5.41) is 3.74. The number of hydrogen-bond acceptors (Lipinski definition) is 3. The number of anilines is 1. The van der Waals surface area contributed by atoms with Crippen molar-refractivity contribution in [1.29, 1.82) is 0 Å². The van der Waals surface area contributed by atoms with Crippen LogP contribution in [0.15, 0.2) is 24.3 Å². The van der Waals surface area contributed by atoms with Crippen molar-refractivity contribution < 1.29 is 4.79 Å². The molecular weight excluding hydrogens is 256 g/mol. The number of nitrogens with two attached hydrogens (primary N) is 1. The van der Waals surface area contributed by atoms with Crippen molar-refractivity contribution in [3.8, 4) is 0 Å². The minimum absolute atomic E-state index is 0.000836. The first-order valence-corrected chi connectivity index (χ1v) is 8.03. The second-order valence-electron chi connectivity index (χ2n) is 4.98. The average molecular weight is 278 g/mol. The van der Waals surface area contributed by atoms with Crippen LogP contribution in [0.4, 0.5) is 5.69 Å². The highest BCUT2D eigenvalue weighted by molar-refractivity contribution is 7.99. The van der Waals surface area contributed by atoms with Crippen molar-refractivity contribution in [2.24, 2.45) is 0 Å². The van der Waals surface area contributed by atoms with E-state index in [9.17, 15) is 4.79 Å². The Morgan fingerprint density at radius 1 is 1.42 bits per heavy atom. The number of benzene rings is 1. The van der Waals surface area contributed by atoms with Crippen LogP contribution in [0, 0.1) is 0 Å². The Labute approximate surface area is 119 Å². The molecule has 4 heteroatoms. The van der Waals surface area contributed by atoms with Gasteiger partial charge in [-0.2, -0.15) is 11.8 Å². The highest BCUT2D eigenvalue weighted by Gasteiger charge is 2.26. The molecule has 0 radical (unpaired) electrons. The number of nitrogen functional groups attached to an aromatic ring is 1. The predicted molar refractivity (Wildman–Crippen MR) is 82.5 cm³/mol. The fourth-order valence-electron chi connectivity index (χ4n) is 2.61. The summed E-state index contributed by atoms with van der Waals surface area (Å²) < 4.78 is 0.